The molecule has 3 nitrogen and oxygen atoms in total. The second-order valence-corrected chi connectivity index (χ2v) is 8.16. The molecule has 2 unspecified atom stereocenters. The van der Waals surface area contributed by atoms with Crippen LogP contribution in [0, 0.1) is 11.8 Å². The summed E-state index contributed by atoms with van der Waals surface area (Å²) in [4.78, 5) is 0. The highest BCUT2D eigenvalue weighted by Crippen LogP contribution is 2.36. The summed E-state index contributed by atoms with van der Waals surface area (Å²) in [6.07, 6.45) is 6.18. The van der Waals surface area contributed by atoms with Crippen LogP contribution < -0.4 is 0 Å². The van der Waals surface area contributed by atoms with Gasteiger partial charge in [0, 0.05) is 0 Å². The molecule has 0 radical (unpaired) electrons. The lowest BCUT2D eigenvalue weighted by atomic mass is 10.0. The standard InChI is InChI=1S/C14H29Br2O3P/c1-5-11(6-2)9-13(15)18-20(17)19-14(16)10-12(7-3)8-4/h11-14,20H,5-10H2,1-4H3. The Balaban J connectivity index is 4.02. The average molecular weight is 436 g/mol. The molecule has 0 saturated carbocycles. The van der Waals surface area contributed by atoms with Crippen molar-refractivity contribution in [3.05, 3.63) is 0 Å². The van der Waals surface area contributed by atoms with Crippen molar-refractivity contribution in [3.63, 3.8) is 0 Å². The Hall–Kier alpha value is 1.11. The summed E-state index contributed by atoms with van der Waals surface area (Å²) in [6.45, 7) is 8.66. The van der Waals surface area contributed by atoms with Gasteiger partial charge in [-0.3, -0.25) is 13.6 Å². The van der Waals surface area contributed by atoms with Crippen molar-refractivity contribution in [2.24, 2.45) is 11.8 Å². The third-order valence-corrected chi connectivity index (χ3v) is 6.56. The van der Waals surface area contributed by atoms with E-state index in [1.165, 1.54) is 0 Å². The quantitative estimate of drug-likeness (QED) is 0.259. The van der Waals surface area contributed by atoms with Crippen LogP contribution >= 0.6 is 40.1 Å². The van der Waals surface area contributed by atoms with E-state index >= 15 is 0 Å². The molecular formula is C14H29Br2O3P. The normalized spacial score (nSPS) is 16.6. The molecule has 0 fully saturated rings. The lowest BCUT2D eigenvalue weighted by Crippen LogP contribution is -2.11. The average Bonchev–Trinajstić information content (AvgIpc) is 2.41. The van der Waals surface area contributed by atoms with Crippen LogP contribution in [0.4, 0.5) is 0 Å². The first kappa shape index (κ1) is 21.1. The maximum absolute atomic E-state index is 11.9. The second kappa shape index (κ2) is 12.6. The van der Waals surface area contributed by atoms with E-state index in [2.05, 4.69) is 59.6 Å². The second-order valence-electron chi connectivity index (χ2n) is 5.14. The molecule has 0 N–H and O–H groups in total. The fourth-order valence-electron chi connectivity index (χ4n) is 2.10. The van der Waals surface area contributed by atoms with E-state index in [9.17, 15) is 4.57 Å². The molecule has 2 atom stereocenters. The van der Waals surface area contributed by atoms with Gasteiger partial charge in [0.15, 0.2) is 0 Å². The molecule has 0 aromatic heterocycles. The van der Waals surface area contributed by atoms with Gasteiger partial charge in [-0.25, -0.2) is 0 Å². The molecular weight excluding hydrogens is 407 g/mol. The third-order valence-electron chi connectivity index (χ3n) is 3.79. The van der Waals surface area contributed by atoms with Crippen molar-refractivity contribution in [1.82, 2.24) is 0 Å². The number of alkyl halides is 2. The SMILES string of the molecule is CCC(CC)CC(Br)O[PH](=O)OC(Br)CC(CC)CC. The Kier molecular flexibility index (Phi) is 13.3. The summed E-state index contributed by atoms with van der Waals surface area (Å²) in [7, 11) is -2.45. The molecule has 0 aliphatic carbocycles. The van der Waals surface area contributed by atoms with Crippen LogP contribution in [0.1, 0.15) is 66.2 Å². The van der Waals surface area contributed by atoms with Gasteiger partial charge >= 0.3 is 8.25 Å². The molecule has 0 bridgehead atoms. The lowest BCUT2D eigenvalue weighted by Gasteiger charge is -2.20. The van der Waals surface area contributed by atoms with Gasteiger partial charge in [-0.2, -0.15) is 0 Å². The first-order valence-corrected chi connectivity index (χ1v) is 10.7. The van der Waals surface area contributed by atoms with Crippen LogP contribution in [0.15, 0.2) is 0 Å². The Labute approximate surface area is 141 Å². The highest BCUT2D eigenvalue weighted by atomic mass is 79.9. The molecule has 0 saturated heterocycles. The first-order chi connectivity index (χ1) is 9.46. The summed E-state index contributed by atoms with van der Waals surface area (Å²) in [5, 5.41) is -0.377. The van der Waals surface area contributed by atoms with E-state index in [1.54, 1.807) is 0 Å². The molecule has 0 aliphatic heterocycles. The molecule has 0 aliphatic rings. The van der Waals surface area contributed by atoms with E-state index in [4.69, 9.17) is 9.05 Å². The fraction of sp³-hybridized carbons (Fsp3) is 1.00. The first-order valence-electron chi connectivity index (χ1n) is 7.61. The predicted molar refractivity (Wildman–Crippen MR) is 94.0 cm³/mol. The number of rotatable bonds is 12. The van der Waals surface area contributed by atoms with Crippen LogP contribution in [0.3, 0.4) is 0 Å². The van der Waals surface area contributed by atoms with E-state index in [0.29, 0.717) is 11.8 Å². The van der Waals surface area contributed by atoms with Crippen molar-refractivity contribution in [2.75, 3.05) is 0 Å². The van der Waals surface area contributed by atoms with E-state index in [1.807, 2.05) is 0 Å². The summed E-state index contributed by atoms with van der Waals surface area (Å²) < 4.78 is 22.7. The highest BCUT2D eigenvalue weighted by Gasteiger charge is 2.18. The largest absolute Gasteiger partial charge is 0.321 e. The molecule has 0 aromatic carbocycles. The maximum atomic E-state index is 11.9. The van der Waals surface area contributed by atoms with Gasteiger partial charge in [-0.05, 0) is 24.7 Å². The van der Waals surface area contributed by atoms with E-state index in [0.717, 1.165) is 38.5 Å². The summed E-state index contributed by atoms with van der Waals surface area (Å²) in [6, 6.07) is 0. The Morgan fingerprint density at radius 2 is 1.10 bits per heavy atom. The predicted octanol–water partition coefficient (Wildman–Crippen LogP) is 6.50. The molecule has 0 heterocycles. The molecule has 0 spiro atoms. The maximum Gasteiger partial charge on any atom is 0.321 e. The smallest absolute Gasteiger partial charge is 0.296 e. The topological polar surface area (TPSA) is 35.5 Å². The Morgan fingerprint density at radius 3 is 1.35 bits per heavy atom. The minimum Gasteiger partial charge on any atom is -0.296 e. The molecule has 20 heavy (non-hydrogen) atoms. The van der Waals surface area contributed by atoms with Gasteiger partial charge in [0.1, 0.15) is 10.0 Å². The van der Waals surface area contributed by atoms with Crippen molar-refractivity contribution >= 4 is 40.1 Å². The molecule has 0 amide bonds. The van der Waals surface area contributed by atoms with Crippen molar-refractivity contribution in [2.45, 2.75) is 76.2 Å². The van der Waals surface area contributed by atoms with E-state index in [-0.39, 0.29) is 10.0 Å². The Morgan fingerprint density at radius 1 is 0.800 bits per heavy atom. The number of hydrogen-bond donors (Lipinski definition) is 0. The highest BCUT2D eigenvalue weighted by molar-refractivity contribution is 9.09. The minimum absolute atomic E-state index is 0.188. The van der Waals surface area contributed by atoms with Gasteiger partial charge in [0.25, 0.3) is 0 Å². The zero-order chi connectivity index (χ0) is 15.5. The lowest BCUT2D eigenvalue weighted by molar-refractivity contribution is 0.176. The van der Waals surface area contributed by atoms with Gasteiger partial charge in [-0.1, -0.05) is 85.2 Å². The van der Waals surface area contributed by atoms with Gasteiger partial charge in [0.2, 0.25) is 0 Å². The van der Waals surface area contributed by atoms with Crippen LogP contribution in [-0.4, -0.2) is 10.0 Å². The van der Waals surface area contributed by atoms with Crippen molar-refractivity contribution < 1.29 is 13.6 Å². The molecule has 122 valence electrons. The van der Waals surface area contributed by atoms with Crippen LogP contribution in [0.25, 0.3) is 0 Å². The monoisotopic (exact) mass is 434 g/mol. The van der Waals surface area contributed by atoms with Crippen LogP contribution in [0.5, 0.6) is 0 Å². The van der Waals surface area contributed by atoms with Gasteiger partial charge < -0.3 is 0 Å². The zero-order valence-corrected chi connectivity index (χ0v) is 17.2. The Bertz CT molecular complexity index is 235. The van der Waals surface area contributed by atoms with Crippen LogP contribution in [0.2, 0.25) is 0 Å². The minimum atomic E-state index is -2.45. The molecule has 0 aromatic rings. The van der Waals surface area contributed by atoms with E-state index < -0.39 is 8.25 Å². The van der Waals surface area contributed by atoms with Gasteiger partial charge in [-0.15, -0.1) is 0 Å². The van der Waals surface area contributed by atoms with Crippen LogP contribution in [-0.2, 0) is 13.6 Å². The summed E-state index contributed by atoms with van der Waals surface area (Å²) in [5.41, 5.74) is 0. The zero-order valence-electron chi connectivity index (χ0n) is 13.0. The number of hydrogen-bond acceptors (Lipinski definition) is 3. The van der Waals surface area contributed by atoms with Crippen molar-refractivity contribution in [3.8, 4) is 0 Å². The summed E-state index contributed by atoms with van der Waals surface area (Å²) >= 11 is 6.87. The number of halogens is 2. The summed E-state index contributed by atoms with van der Waals surface area (Å²) in [5.74, 6) is 1.19. The third kappa shape index (κ3) is 9.94. The molecule has 0 rings (SSSR count). The molecule has 6 heteroatoms. The van der Waals surface area contributed by atoms with Crippen molar-refractivity contribution in [1.29, 1.82) is 0 Å². The fourth-order valence-corrected chi connectivity index (χ4v) is 4.74. The van der Waals surface area contributed by atoms with Gasteiger partial charge in [0.05, 0.1) is 0 Å².